The maximum absolute atomic E-state index is 11.8. The first-order valence-electron chi connectivity index (χ1n) is 7.88. The molecule has 2 amide bonds. The van der Waals surface area contributed by atoms with Gasteiger partial charge in [-0.25, -0.2) is 0 Å². The number of amides is 2. The van der Waals surface area contributed by atoms with Crippen molar-refractivity contribution in [3.05, 3.63) is 0 Å². The van der Waals surface area contributed by atoms with Gasteiger partial charge in [-0.3, -0.25) is 9.59 Å². The molecule has 0 bridgehead atoms. The highest BCUT2D eigenvalue weighted by Crippen LogP contribution is 2.15. The van der Waals surface area contributed by atoms with Crippen LogP contribution in [0, 0.1) is 5.92 Å². The Bertz CT molecular complexity index is 327. The molecule has 2 aliphatic rings. The Balaban J connectivity index is 1.57. The van der Waals surface area contributed by atoms with Crippen LogP contribution in [0.15, 0.2) is 0 Å². The maximum Gasteiger partial charge on any atom is 0.222 e. The standard InChI is InChI=1S/C15H26N2O3/c18-14(16-8-5-13-7-11-20-12-13)6-10-17-9-3-1-2-4-15(17)19/h13H,1-12H2,(H,16,18). The van der Waals surface area contributed by atoms with E-state index in [2.05, 4.69) is 5.32 Å². The number of nitrogens with one attached hydrogen (secondary N) is 1. The van der Waals surface area contributed by atoms with E-state index in [1.807, 2.05) is 4.90 Å². The summed E-state index contributed by atoms with van der Waals surface area (Å²) in [7, 11) is 0. The average molecular weight is 282 g/mol. The Morgan fingerprint density at radius 1 is 1.35 bits per heavy atom. The molecule has 0 aliphatic carbocycles. The molecule has 0 spiro atoms. The van der Waals surface area contributed by atoms with E-state index >= 15 is 0 Å². The molecule has 114 valence electrons. The highest BCUT2D eigenvalue weighted by Gasteiger charge is 2.18. The summed E-state index contributed by atoms with van der Waals surface area (Å²) in [4.78, 5) is 25.4. The second-order valence-corrected chi connectivity index (χ2v) is 5.81. The Morgan fingerprint density at radius 2 is 2.25 bits per heavy atom. The normalized spacial score (nSPS) is 23.7. The van der Waals surface area contributed by atoms with Crippen molar-refractivity contribution in [2.75, 3.05) is 32.8 Å². The zero-order chi connectivity index (χ0) is 14.2. The van der Waals surface area contributed by atoms with Crippen molar-refractivity contribution in [2.45, 2.75) is 44.9 Å². The largest absolute Gasteiger partial charge is 0.381 e. The number of likely N-dealkylation sites (tertiary alicyclic amines) is 1. The van der Waals surface area contributed by atoms with E-state index in [9.17, 15) is 9.59 Å². The SMILES string of the molecule is O=C(CCN1CCCCCC1=O)NCCC1CCOC1. The zero-order valence-corrected chi connectivity index (χ0v) is 12.2. The molecule has 20 heavy (non-hydrogen) atoms. The summed E-state index contributed by atoms with van der Waals surface area (Å²) in [5.74, 6) is 0.863. The van der Waals surface area contributed by atoms with Crippen LogP contribution in [0.1, 0.15) is 44.9 Å². The zero-order valence-electron chi connectivity index (χ0n) is 12.2. The lowest BCUT2D eigenvalue weighted by atomic mass is 10.1. The molecule has 2 fully saturated rings. The van der Waals surface area contributed by atoms with Gasteiger partial charge in [-0.15, -0.1) is 0 Å². The van der Waals surface area contributed by atoms with E-state index in [4.69, 9.17) is 4.74 Å². The molecule has 5 heteroatoms. The average Bonchev–Trinajstić information content (AvgIpc) is 2.86. The van der Waals surface area contributed by atoms with Crippen molar-refractivity contribution >= 4 is 11.8 Å². The second-order valence-electron chi connectivity index (χ2n) is 5.81. The fourth-order valence-corrected chi connectivity index (χ4v) is 2.83. The predicted molar refractivity (Wildman–Crippen MR) is 76.2 cm³/mol. The summed E-state index contributed by atoms with van der Waals surface area (Å²) in [6.07, 6.45) is 6.35. The van der Waals surface area contributed by atoms with Gasteiger partial charge < -0.3 is 15.0 Å². The van der Waals surface area contributed by atoms with Gasteiger partial charge in [0.25, 0.3) is 0 Å². The maximum atomic E-state index is 11.8. The molecule has 0 aromatic carbocycles. The minimum absolute atomic E-state index is 0.0564. The van der Waals surface area contributed by atoms with Crippen LogP contribution >= 0.6 is 0 Å². The summed E-state index contributed by atoms with van der Waals surface area (Å²) >= 11 is 0. The lowest BCUT2D eigenvalue weighted by molar-refractivity contribution is -0.131. The first kappa shape index (κ1) is 15.3. The summed E-state index contributed by atoms with van der Waals surface area (Å²) in [6, 6.07) is 0. The molecule has 0 radical (unpaired) electrons. The highest BCUT2D eigenvalue weighted by molar-refractivity contribution is 5.79. The minimum atomic E-state index is 0.0564. The quantitative estimate of drug-likeness (QED) is 0.799. The number of carbonyl (C=O) groups is 2. The van der Waals surface area contributed by atoms with Crippen LogP contribution in [-0.4, -0.2) is 49.6 Å². The smallest absolute Gasteiger partial charge is 0.222 e. The van der Waals surface area contributed by atoms with Crippen molar-refractivity contribution in [3.63, 3.8) is 0 Å². The van der Waals surface area contributed by atoms with Crippen LogP contribution in [0.2, 0.25) is 0 Å². The summed E-state index contributed by atoms with van der Waals surface area (Å²) < 4.78 is 5.31. The number of ether oxygens (including phenoxy) is 1. The molecule has 5 nitrogen and oxygen atoms in total. The fourth-order valence-electron chi connectivity index (χ4n) is 2.83. The van der Waals surface area contributed by atoms with Crippen LogP contribution in [0.3, 0.4) is 0 Å². The lowest BCUT2D eigenvalue weighted by Gasteiger charge is -2.20. The molecule has 2 heterocycles. The van der Waals surface area contributed by atoms with Gasteiger partial charge in [0.15, 0.2) is 0 Å². The van der Waals surface area contributed by atoms with Crippen molar-refractivity contribution in [2.24, 2.45) is 5.92 Å². The third-order valence-corrected chi connectivity index (χ3v) is 4.18. The molecule has 0 aromatic rings. The molecule has 0 saturated carbocycles. The molecule has 0 aromatic heterocycles. The lowest BCUT2D eigenvalue weighted by Crippen LogP contribution is -2.35. The van der Waals surface area contributed by atoms with Gasteiger partial charge in [-0.1, -0.05) is 6.42 Å². The molecule has 2 saturated heterocycles. The van der Waals surface area contributed by atoms with Crippen molar-refractivity contribution in [1.29, 1.82) is 0 Å². The van der Waals surface area contributed by atoms with E-state index in [-0.39, 0.29) is 11.8 Å². The first-order chi connectivity index (χ1) is 9.75. The van der Waals surface area contributed by atoms with Gasteiger partial charge in [-0.05, 0) is 31.6 Å². The monoisotopic (exact) mass is 282 g/mol. The van der Waals surface area contributed by atoms with Crippen LogP contribution in [0.4, 0.5) is 0 Å². The van der Waals surface area contributed by atoms with E-state index in [0.717, 1.165) is 58.4 Å². The number of carbonyl (C=O) groups excluding carboxylic acids is 2. The highest BCUT2D eigenvalue weighted by atomic mass is 16.5. The molecular weight excluding hydrogens is 256 g/mol. The van der Waals surface area contributed by atoms with E-state index in [1.54, 1.807) is 0 Å². The van der Waals surface area contributed by atoms with E-state index in [1.165, 1.54) is 0 Å². The fraction of sp³-hybridized carbons (Fsp3) is 0.867. The van der Waals surface area contributed by atoms with Crippen molar-refractivity contribution in [1.82, 2.24) is 10.2 Å². The summed E-state index contributed by atoms with van der Waals surface area (Å²) in [5, 5.41) is 2.95. The molecule has 1 N–H and O–H groups in total. The minimum Gasteiger partial charge on any atom is -0.381 e. The van der Waals surface area contributed by atoms with Crippen molar-refractivity contribution in [3.8, 4) is 0 Å². The van der Waals surface area contributed by atoms with Gasteiger partial charge in [0.1, 0.15) is 0 Å². The van der Waals surface area contributed by atoms with Crippen LogP contribution in [0.25, 0.3) is 0 Å². The number of nitrogens with zero attached hydrogens (tertiary/aromatic N) is 1. The molecule has 2 aliphatic heterocycles. The van der Waals surface area contributed by atoms with Crippen LogP contribution < -0.4 is 5.32 Å². The third kappa shape index (κ3) is 5.12. The Morgan fingerprint density at radius 3 is 3.05 bits per heavy atom. The number of hydrogen-bond donors (Lipinski definition) is 1. The van der Waals surface area contributed by atoms with Crippen molar-refractivity contribution < 1.29 is 14.3 Å². The number of hydrogen-bond acceptors (Lipinski definition) is 3. The predicted octanol–water partition coefficient (Wildman–Crippen LogP) is 1.32. The Labute approximate surface area is 121 Å². The Kier molecular flexibility index (Phi) is 6.30. The van der Waals surface area contributed by atoms with Gasteiger partial charge in [0.2, 0.25) is 11.8 Å². The van der Waals surface area contributed by atoms with Gasteiger partial charge >= 0.3 is 0 Å². The van der Waals surface area contributed by atoms with Gasteiger partial charge in [-0.2, -0.15) is 0 Å². The number of rotatable bonds is 6. The van der Waals surface area contributed by atoms with Gasteiger partial charge in [0, 0.05) is 45.7 Å². The third-order valence-electron chi connectivity index (χ3n) is 4.18. The molecule has 1 atom stereocenters. The molecular formula is C15H26N2O3. The first-order valence-corrected chi connectivity index (χ1v) is 7.88. The summed E-state index contributed by atoms with van der Waals surface area (Å²) in [5.41, 5.74) is 0. The van der Waals surface area contributed by atoms with Crippen LogP contribution in [0.5, 0.6) is 0 Å². The van der Waals surface area contributed by atoms with Crippen LogP contribution in [-0.2, 0) is 14.3 Å². The van der Waals surface area contributed by atoms with E-state index < -0.39 is 0 Å². The molecule has 1 unspecified atom stereocenters. The van der Waals surface area contributed by atoms with E-state index in [0.29, 0.717) is 25.3 Å². The van der Waals surface area contributed by atoms with Gasteiger partial charge in [0.05, 0.1) is 0 Å². The summed E-state index contributed by atoms with van der Waals surface area (Å²) in [6.45, 7) is 3.79. The second kappa shape index (κ2) is 8.25. The Hall–Kier alpha value is -1.10. The molecule has 2 rings (SSSR count). The topological polar surface area (TPSA) is 58.6 Å².